The Balaban J connectivity index is 1.46. The summed E-state index contributed by atoms with van der Waals surface area (Å²) in [6, 6.07) is 15.9. The molecule has 3 aliphatic heterocycles. The number of carbonyl (C=O) groups is 2. The molecule has 6 nitrogen and oxygen atoms in total. The molecule has 2 fully saturated rings. The first-order valence-corrected chi connectivity index (χ1v) is 10.6. The number of fused-ring (bicyclic) bond motifs is 4. The second kappa shape index (κ2) is 7.13. The minimum absolute atomic E-state index is 0.0256. The highest BCUT2D eigenvalue weighted by Gasteiger charge is 2.66. The summed E-state index contributed by atoms with van der Waals surface area (Å²) in [5.41, 5.74) is 2.03. The lowest BCUT2D eigenvalue weighted by molar-refractivity contribution is -0.138. The normalized spacial score (nSPS) is 27.4. The van der Waals surface area contributed by atoms with Gasteiger partial charge >= 0.3 is 0 Å². The van der Waals surface area contributed by atoms with E-state index in [0.717, 1.165) is 48.4 Å². The maximum absolute atomic E-state index is 13.7. The van der Waals surface area contributed by atoms with Gasteiger partial charge in [0, 0.05) is 30.9 Å². The fourth-order valence-corrected chi connectivity index (χ4v) is 5.72. The first-order valence-electron chi connectivity index (χ1n) is 10.6. The topological polar surface area (TPSA) is 61.9 Å². The summed E-state index contributed by atoms with van der Waals surface area (Å²) in [5.74, 6) is 0.382. The number of rotatable bonds is 4. The highest BCUT2D eigenvalue weighted by atomic mass is 16.5. The van der Waals surface area contributed by atoms with Crippen LogP contribution in [-0.4, -0.2) is 43.5 Å². The number of carbonyl (C=O) groups excluding carboxylic acids is 2. The minimum Gasteiger partial charge on any atom is -0.497 e. The summed E-state index contributed by atoms with van der Waals surface area (Å²) >= 11 is 0. The maximum Gasteiger partial charge on any atom is 0.252 e. The number of amides is 2. The molecule has 0 saturated carbocycles. The molecule has 2 aromatic carbocycles. The van der Waals surface area contributed by atoms with Crippen molar-refractivity contribution in [1.29, 1.82) is 0 Å². The average Bonchev–Trinajstić information content (AvgIpc) is 3.43. The predicted octanol–water partition coefficient (Wildman–Crippen LogP) is 2.67. The summed E-state index contributed by atoms with van der Waals surface area (Å²) < 4.78 is 5.20. The van der Waals surface area contributed by atoms with Gasteiger partial charge in [-0.3, -0.25) is 14.5 Å². The Bertz CT molecular complexity index is 989. The zero-order valence-corrected chi connectivity index (χ0v) is 17.4. The summed E-state index contributed by atoms with van der Waals surface area (Å²) in [5, 5.41) is 3.11. The van der Waals surface area contributed by atoms with Crippen molar-refractivity contribution < 1.29 is 14.3 Å². The van der Waals surface area contributed by atoms with Crippen LogP contribution in [0.15, 0.2) is 48.5 Å². The number of nitrogens with zero attached hydrogens (tertiary/aromatic N) is 2. The maximum atomic E-state index is 13.7. The van der Waals surface area contributed by atoms with Gasteiger partial charge in [0.15, 0.2) is 0 Å². The molecule has 3 aliphatic rings. The molecule has 0 radical (unpaired) electrons. The van der Waals surface area contributed by atoms with Crippen molar-refractivity contribution in [2.24, 2.45) is 5.92 Å². The van der Waals surface area contributed by atoms with Crippen LogP contribution in [0.4, 0.5) is 5.69 Å². The van der Waals surface area contributed by atoms with Gasteiger partial charge in [-0.05, 0) is 49.6 Å². The van der Waals surface area contributed by atoms with E-state index in [1.807, 2.05) is 55.6 Å². The number of ether oxygens (including phenoxy) is 1. The summed E-state index contributed by atoms with van der Waals surface area (Å²) in [7, 11) is 3.46. The Hall–Kier alpha value is -2.86. The zero-order chi connectivity index (χ0) is 20.9. The van der Waals surface area contributed by atoms with Crippen LogP contribution >= 0.6 is 0 Å². The van der Waals surface area contributed by atoms with Gasteiger partial charge in [0.25, 0.3) is 5.91 Å². The Kier molecular flexibility index (Phi) is 4.54. The quantitative estimate of drug-likeness (QED) is 0.850. The molecule has 0 aliphatic carbocycles. The molecule has 0 bridgehead atoms. The van der Waals surface area contributed by atoms with E-state index >= 15 is 0 Å². The van der Waals surface area contributed by atoms with Gasteiger partial charge in [0.05, 0.1) is 13.0 Å². The van der Waals surface area contributed by atoms with Gasteiger partial charge in [0.2, 0.25) is 5.91 Å². The van der Waals surface area contributed by atoms with E-state index in [2.05, 4.69) is 10.2 Å². The molecule has 3 heterocycles. The molecule has 3 unspecified atom stereocenters. The summed E-state index contributed by atoms with van der Waals surface area (Å²) in [6.07, 6.45) is 2.84. The van der Waals surface area contributed by atoms with Crippen LogP contribution in [0.25, 0.3) is 0 Å². The van der Waals surface area contributed by atoms with Gasteiger partial charge < -0.3 is 15.0 Å². The van der Waals surface area contributed by atoms with E-state index in [1.165, 1.54) is 0 Å². The number of nitrogens with one attached hydrogen (secondary N) is 1. The van der Waals surface area contributed by atoms with E-state index in [-0.39, 0.29) is 23.8 Å². The van der Waals surface area contributed by atoms with Crippen molar-refractivity contribution in [2.45, 2.75) is 37.4 Å². The van der Waals surface area contributed by atoms with Crippen molar-refractivity contribution in [3.05, 3.63) is 59.7 Å². The van der Waals surface area contributed by atoms with Crippen LogP contribution in [0.5, 0.6) is 5.75 Å². The first-order chi connectivity index (χ1) is 14.6. The van der Waals surface area contributed by atoms with E-state index in [4.69, 9.17) is 4.74 Å². The number of hydrogen-bond donors (Lipinski definition) is 1. The molecule has 2 saturated heterocycles. The molecule has 1 spiro atoms. The number of para-hydroxylation sites is 1. The molecule has 5 rings (SSSR count). The molecule has 2 aromatic rings. The van der Waals surface area contributed by atoms with Crippen LogP contribution in [0.1, 0.15) is 30.4 Å². The number of anilines is 1. The second-order valence-corrected chi connectivity index (χ2v) is 8.49. The smallest absolute Gasteiger partial charge is 0.252 e. The van der Waals surface area contributed by atoms with Gasteiger partial charge in [-0.1, -0.05) is 30.3 Å². The Morgan fingerprint density at radius 3 is 2.73 bits per heavy atom. The van der Waals surface area contributed by atoms with Crippen molar-refractivity contribution >= 4 is 17.5 Å². The monoisotopic (exact) mass is 405 g/mol. The van der Waals surface area contributed by atoms with Crippen LogP contribution in [0.2, 0.25) is 0 Å². The highest BCUT2D eigenvalue weighted by Crippen LogP contribution is 2.56. The third kappa shape index (κ3) is 2.59. The number of hydrogen-bond acceptors (Lipinski definition) is 4. The van der Waals surface area contributed by atoms with Crippen LogP contribution in [-0.2, 0) is 21.7 Å². The standard InChI is InChI=1S/C24H27N3O3/c1-26-21-8-4-3-7-19(21)24(23(26)29)20(14-17-6-5-13-27(17)24)22(28)25-15-16-9-11-18(30-2)12-10-16/h3-4,7-12,17,20H,5-6,13-15H2,1-2H3,(H,25,28). The Morgan fingerprint density at radius 1 is 1.20 bits per heavy atom. The third-order valence-electron chi connectivity index (χ3n) is 7.09. The van der Waals surface area contributed by atoms with Gasteiger partial charge in [0.1, 0.15) is 11.3 Å². The van der Waals surface area contributed by atoms with Crippen molar-refractivity contribution in [2.75, 3.05) is 25.6 Å². The molecule has 156 valence electrons. The predicted molar refractivity (Wildman–Crippen MR) is 114 cm³/mol. The molecule has 6 heteroatoms. The largest absolute Gasteiger partial charge is 0.497 e. The first kappa shape index (κ1) is 19.1. The van der Waals surface area contributed by atoms with E-state index in [0.29, 0.717) is 6.54 Å². The molecule has 3 atom stereocenters. The van der Waals surface area contributed by atoms with Gasteiger partial charge in [-0.15, -0.1) is 0 Å². The SMILES string of the molecule is COc1ccc(CNC(=O)C2CC3CCCN3C23C(=O)N(C)c2ccccc23)cc1. The second-order valence-electron chi connectivity index (χ2n) is 8.49. The Morgan fingerprint density at radius 2 is 1.97 bits per heavy atom. The zero-order valence-electron chi connectivity index (χ0n) is 17.4. The van der Waals surface area contributed by atoms with Gasteiger partial charge in [-0.2, -0.15) is 0 Å². The van der Waals surface area contributed by atoms with E-state index < -0.39 is 5.54 Å². The summed E-state index contributed by atoms with van der Waals surface area (Å²) in [4.78, 5) is 31.2. The third-order valence-corrected chi connectivity index (χ3v) is 7.09. The van der Waals surface area contributed by atoms with Crippen molar-refractivity contribution in [1.82, 2.24) is 10.2 Å². The average molecular weight is 405 g/mol. The lowest BCUT2D eigenvalue weighted by Gasteiger charge is -2.37. The highest BCUT2D eigenvalue weighted by molar-refractivity contribution is 6.10. The molecular weight excluding hydrogens is 378 g/mol. The Labute approximate surface area is 176 Å². The lowest BCUT2D eigenvalue weighted by Crippen LogP contribution is -2.55. The van der Waals surface area contributed by atoms with E-state index in [9.17, 15) is 9.59 Å². The molecule has 2 amide bonds. The fourth-order valence-electron chi connectivity index (χ4n) is 5.72. The van der Waals surface area contributed by atoms with Crippen LogP contribution < -0.4 is 15.0 Å². The summed E-state index contributed by atoms with van der Waals surface area (Å²) in [6.45, 7) is 1.30. The molecular formula is C24H27N3O3. The van der Waals surface area contributed by atoms with Crippen LogP contribution in [0.3, 0.4) is 0 Å². The number of benzene rings is 2. The lowest BCUT2D eigenvalue weighted by atomic mass is 9.78. The minimum atomic E-state index is -0.878. The number of methoxy groups -OCH3 is 1. The fraction of sp³-hybridized carbons (Fsp3) is 0.417. The van der Waals surface area contributed by atoms with Crippen molar-refractivity contribution in [3.8, 4) is 5.75 Å². The van der Waals surface area contributed by atoms with Crippen LogP contribution in [0, 0.1) is 5.92 Å². The van der Waals surface area contributed by atoms with Gasteiger partial charge in [-0.25, -0.2) is 0 Å². The number of likely N-dealkylation sites (N-methyl/N-ethyl adjacent to an activating group) is 1. The van der Waals surface area contributed by atoms with E-state index in [1.54, 1.807) is 12.0 Å². The van der Waals surface area contributed by atoms with Crippen molar-refractivity contribution in [3.63, 3.8) is 0 Å². The molecule has 30 heavy (non-hydrogen) atoms. The molecule has 0 aromatic heterocycles. The molecule has 1 N–H and O–H groups in total.